The molecule has 17 heavy (non-hydrogen) atoms. The van der Waals surface area contributed by atoms with Crippen LogP contribution in [0.25, 0.3) is 5.65 Å². The molecule has 0 aliphatic heterocycles. The summed E-state index contributed by atoms with van der Waals surface area (Å²) < 4.78 is 2.11. The number of aryl methyl sites for hydroxylation is 1. The Kier molecular flexibility index (Phi) is 2.53. The molecule has 0 aliphatic rings. The van der Waals surface area contributed by atoms with Crippen molar-refractivity contribution in [3.63, 3.8) is 0 Å². The van der Waals surface area contributed by atoms with Crippen LogP contribution in [0.2, 0.25) is 0 Å². The molecule has 4 nitrogen and oxygen atoms in total. The van der Waals surface area contributed by atoms with Crippen LogP contribution in [-0.2, 0) is 6.54 Å². The Balaban J connectivity index is 1.92. The summed E-state index contributed by atoms with van der Waals surface area (Å²) in [5, 5.41) is 6.21. The lowest BCUT2D eigenvalue weighted by Gasteiger charge is -2.03. The largest absolute Gasteiger partial charge is 0.356 e. The number of thiazole rings is 1. The first-order valence-corrected chi connectivity index (χ1v) is 6.28. The zero-order valence-electron chi connectivity index (χ0n) is 9.42. The number of hydrogen-bond donors (Lipinski definition) is 1. The SMILES string of the molecule is Cc1nc2ccccn2c1CNc1nccs1. The minimum Gasteiger partial charge on any atom is -0.356 e. The first-order chi connectivity index (χ1) is 8.34. The molecule has 3 aromatic rings. The van der Waals surface area contributed by atoms with E-state index in [1.807, 2.05) is 36.7 Å². The number of hydrogen-bond acceptors (Lipinski definition) is 4. The third kappa shape index (κ3) is 1.89. The molecule has 0 unspecified atom stereocenters. The monoisotopic (exact) mass is 244 g/mol. The fourth-order valence-corrected chi connectivity index (χ4v) is 2.38. The molecular formula is C12H12N4S. The molecule has 0 aromatic carbocycles. The number of imidazole rings is 1. The summed E-state index contributed by atoms with van der Waals surface area (Å²) in [7, 11) is 0. The van der Waals surface area contributed by atoms with Crippen molar-refractivity contribution >= 4 is 22.1 Å². The number of rotatable bonds is 3. The van der Waals surface area contributed by atoms with E-state index in [2.05, 4.69) is 19.7 Å². The van der Waals surface area contributed by atoms with Crippen molar-refractivity contribution in [3.8, 4) is 0 Å². The fraction of sp³-hybridized carbons (Fsp3) is 0.167. The van der Waals surface area contributed by atoms with E-state index in [1.54, 1.807) is 17.5 Å². The molecular weight excluding hydrogens is 232 g/mol. The highest BCUT2D eigenvalue weighted by molar-refractivity contribution is 7.13. The first kappa shape index (κ1) is 10.3. The summed E-state index contributed by atoms with van der Waals surface area (Å²) in [5.74, 6) is 0. The van der Waals surface area contributed by atoms with Gasteiger partial charge in [0.25, 0.3) is 0 Å². The Morgan fingerprint density at radius 3 is 3.18 bits per heavy atom. The van der Waals surface area contributed by atoms with E-state index in [4.69, 9.17) is 0 Å². The zero-order valence-corrected chi connectivity index (χ0v) is 10.2. The van der Waals surface area contributed by atoms with Crippen molar-refractivity contribution in [1.82, 2.24) is 14.4 Å². The van der Waals surface area contributed by atoms with Crippen LogP contribution in [0.5, 0.6) is 0 Å². The van der Waals surface area contributed by atoms with Gasteiger partial charge in [-0.05, 0) is 19.1 Å². The van der Waals surface area contributed by atoms with E-state index in [0.717, 1.165) is 23.0 Å². The van der Waals surface area contributed by atoms with E-state index in [0.29, 0.717) is 0 Å². The van der Waals surface area contributed by atoms with Crippen molar-refractivity contribution in [3.05, 3.63) is 47.4 Å². The Bertz CT molecular complexity index is 627. The van der Waals surface area contributed by atoms with Crippen LogP contribution in [0.4, 0.5) is 5.13 Å². The Labute approximate surface area is 103 Å². The summed E-state index contributed by atoms with van der Waals surface area (Å²) >= 11 is 1.60. The van der Waals surface area contributed by atoms with Crippen molar-refractivity contribution in [1.29, 1.82) is 0 Å². The van der Waals surface area contributed by atoms with Gasteiger partial charge in [0.1, 0.15) is 5.65 Å². The molecule has 0 amide bonds. The maximum absolute atomic E-state index is 4.52. The molecule has 0 bridgehead atoms. The van der Waals surface area contributed by atoms with Gasteiger partial charge < -0.3 is 9.72 Å². The maximum Gasteiger partial charge on any atom is 0.182 e. The smallest absolute Gasteiger partial charge is 0.182 e. The van der Waals surface area contributed by atoms with Crippen LogP contribution in [0, 0.1) is 6.92 Å². The third-order valence-electron chi connectivity index (χ3n) is 2.67. The summed E-state index contributed by atoms with van der Waals surface area (Å²) in [5.41, 5.74) is 3.22. The van der Waals surface area contributed by atoms with E-state index in [1.165, 1.54) is 5.69 Å². The Morgan fingerprint density at radius 1 is 1.41 bits per heavy atom. The van der Waals surface area contributed by atoms with Crippen LogP contribution < -0.4 is 5.32 Å². The van der Waals surface area contributed by atoms with E-state index < -0.39 is 0 Å². The minimum absolute atomic E-state index is 0.741. The van der Waals surface area contributed by atoms with Gasteiger partial charge in [0.15, 0.2) is 5.13 Å². The Hall–Kier alpha value is -1.88. The number of fused-ring (bicyclic) bond motifs is 1. The lowest BCUT2D eigenvalue weighted by molar-refractivity contribution is 0.984. The molecule has 0 atom stereocenters. The highest BCUT2D eigenvalue weighted by Crippen LogP contribution is 2.15. The van der Waals surface area contributed by atoms with Gasteiger partial charge >= 0.3 is 0 Å². The minimum atomic E-state index is 0.741. The zero-order chi connectivity index (χ0) is 11.7. The predicted molar refractivity (Wildman–Crippen MR) is 69.4 cm³/mol. The second kappa shape index (κ2) is 4.18. The summed E-state index contributed by atoms with van der Waals surface area (Å²) in [6.07, 6.45) is 3.84. The molecule has 3 rings (SSSR count). The van der Waals surface area contributed by atoms with Gasteiger partial charge in [0.2, 0.25) is 0 Å². The van der Waals surface area contributed by atoms with Gasteiger partial charge in [-0.2, -0.15) is 0 Å². The fourth-order valence-electron chi connectivity index (χ4n) is 1.85. The quantitative estimate of drug-likeness (QED) is 0.770. The summed E-state index contributed by atoms with van der Waals surface area (Å²) in [6, 6.07) is 6.03. The first-order valence-electron chi connectivity index (χ1n) is 5.40. The standard InChI is InChI=1S/C12H12N4S/c1-9-10(8-14-12-13-5-7-17-12)16-6-3-2-4-11(16)15-9/h2-7H,8H2,1H3,(H,13,14). The molecule has 1 N–H and O–H groups in total. The maximum atomic E-state index is 4.52. The van der Waals surface area contributed by atoms with Crippen molar-refractivity contribution in [2.75, 3.05) is 5.32 Å². The molecule has 86 valence electrons. The average Bonchev–Trinajstić information content (AvgIpc) is 2.93. The number of nitrogens with one attached hydrogen (secondary N) is 1. The Morgan fingerprint density at radius 2 is 2.35 bits per heavy atom. The van der Waals surface area contributed by atoms with Gasteiger partial charge in [-0.15, -0.1) is 11.3 Å². The number of aromatic nitrogens is 3. The topological polar surface area (TPSA) is 42.2 Å². The number of anilines is 1. The summed E-state index contributed by atoms with van der Waals surface area (Å²) in [6.45, 7) is 2.77. The van der Waals surface area contributed by atoms with E-state index in [9.17, 15) is 0 Å². The van der Waals surface area contributed by atoms with E-state index >= 15 is 0 Å². The molecule has 5 heteroatoms. The molecule has 0 fully saturated rings. The highest BCUT2D eigenvalue weighted by atomic mass is 32.1. The average molecular weight is 244 g/mol. The van der Waals surface area contributed by atoms with Crippen LogP contribution in [-0.4, -0.2) is 14.4 Å². The van der Waals surface area contributed by atoms with Gasteiger partial charge in [-0.3, -0.25) is 0 Å². The molecule has 0 aliphatic carbocycles. The van der Waals surface area contributed by atoms with Crippen molar-refractivity contribution < 1.29 is 0 Å². The highest BCUT2D eigenvalue weighted by Gasteiger charge is 2.07. The molecule has 3 aromatic heterocycles. The number of nitrogens with zero attached hydrogens (tertiary/aromatic N) is 3. The summed E-state index contributed by atoms with van der Waals surface area (Å²) in [4.78, 5) is 8.72. The van der Waals surface area contributed by atoms with Crippen molar-refractivity contribution in [2.45, 2.75) is 13.5 Å². The van der Waals surface area contributed by atoms with Gasteiger partial charge in [0, 0.05) is 17.8 Å². The third-order valence-corrected chi connectivity index (χ3v) is 3.40. The molecule has 0 saturated heterocycles. The second-order valence-electron chi connectivity index (χ2n) is 3.76. The van der Waals surface area contributed by atoms with Gasteiger partial charge in [-0.1, -0.05) is 6.07 Å². The van der Waals surface area contributed by atoms with E-state index in [-0.39, 0.29) is 0 Å². The van der Waals surface area contributed by atoms with Gasteiger partial charge in [0.05, 0.1) is 17.9 Å². The van der Waals surface area contributed by atoms with Crippen molar-refractivity contribution in [2.24, 2.45) is 0 Å². The van der Waals surface area contributed by atoms with Crippen LogP contribution in [0.1, 0.15) is 11.4 Å². The van der Waals surface area contributed by atoms with Crippen LogP contribution >= 0.6 is 11.3 Å². The normalized spacial score (nSPS) is 10.9. The van der Waals surface area contributed by atoms with Crippen LogP contribution in [0.3, 0.4) is 0 Å². The lowest BCUT2D eigenvalue weighted by atomic mass is 10.3. The molecule has 0 saturated carbocycles. The molecule has 3 heterocycles. The van der Waals surface area contributed by atoms with Crippen LogP contribution in [0.15, 0.2) is 36.0 Å². The molecule has 0 radical (unpaired) electrons. The lowest BCUT2D eigenvalue weighted by Crippen LogP contribution is -2.03. The van der Waals surface area contributed by atoms with Gasteiger partial charge in [-0.25, -0.2) is 9.97 Å². The number of pyridine rings is 1. The predicted octanol–water partition coefficient (Wildman–Crippen LogP) is 2.71. The second-order valence-corrected chi connectivity index (χ2v) is 4.66. The molecule has 0 spiro atoms.